The molecule has 1 aromatic rings. The summed E-state index contributed by atoms with van der Waals surface area (Å²) in [6.45, 7) is 0.359. The van der Waals surface area contributed by atoms with Gasteiger partial charge in [-0.15, -0.1) is 17.0 Å². The Hall–Kier alpha value is -0.940. The van der Waals surface area contributed by atoms with Crippen LogP contribution in [0.1, 0.15) is 10.4 Å². The maximum absolute atomic E-state index is 13.0. The summed E-state index contributed by atoms with van der Waals surface area (Å²) in [6, 6.07) is 7.15. The molecule has 0 aromatic heterocycles. The number of rotatable bonds is 3. The van der Waals surface area contributed by atoms with Crippen molar-refractivity contribution in [3.8, 4) is 0 Å². The Kier molecular flexibility index (Phi) is 5.75. The molecule has 0 bridgehead atoms. The molecule has 0 unspecified atom stereocenters. The van der Waals surface area contributed by atoms with E-state index < -0.39 is 0 Å². The Labute approximate surface area is 124 Å². The van der Waals surface area contributed by atoms with Gasteiger partial charge in [0.1, 0.15) is 5.83 Å². The molecule has 0 aliphatic carbocycles. The molecule has 1 heterocycles. The smallest absolute Gasteiger partial charge is 0.182 e. The lowest BCUT2D eigenvalue weighted by Crippen LogP contribution is -2.27. The molecule has 0 radical (unpaired) electrons. The molecule has 0 N–H and O–H groups in total. The second-order valence-corrected chi connectivity index (χ2v) is 4.71. The van der Waals surface area contributed by atoms with Crippen molar-refractivity contribution < 1.29 is 9.18 Å². The Morgan fingerprint density at radius 1 is 1.33 bits per heavy atom. The first-order chi connectivity index (χ1) is 8.15. The van der Waals surface area contributed by atoms with Gasteiger partial charge < -0.3 is 4.90 Å². The molecule has 0 saturated carbocycles. The summed E-state index contributed by atoms with van der Waals surface area (Å²) in [5, 5.41) is 0. The van der Waals surface area contributed by atoms with Gasteiger partial charge in [0.15, 0.2) is 5.78 Å². The van der Waals surface area contributed by atoms with E-state index in [4.69, 9.17) is 0 Å². The van der Waals surface area contributed by atoms with Crippen LogP contribution in [0.5, 0.6) is 0 Å². The molecule has 18 heavy (non-hydrogen) atoms. The molecule has 1 aromatic carbocycles. The average molecular weight is 377 g/mol. The summed E-state index contributed by atoms with van der Waals surface area (Å²) in [6.07, 6.45) is 4.73. The van der Waals surface area contributed by atoms with E-state index in [0.717, 1.165) is 4.47 Å². The number of benzene rings is 1. The minimum atomic E-state index is -0.226. The highest BCUT2D eigenvalue weighted by atomic mass is 79.9. The third kappa shape index (κ3) is 4.07. The SMILES string of the molecule is Br.O=C(CN1C=CC=C(F)C1)c1ccc(Br)cc1. The van der Waals surface area contributed by atoms with Crippen LogP contribution in [-0.4, -0.2) is 23.8 Å². The Bertz CT molecular complexity index is 482. The topological polar surface area (TPSA) is 20.3 Å². The third-order valence-electron chi connectivity index (χ3n) is 2.44. The predicted molar refractivity (Wildman–Crippen MR) is 78.7 cm³/mol. The fraction of sp³-hybridized carbons (Fsp3) is 0.154. The van der Waals surface area contributed by atoms with E-state index in [1.165, 1.54) is 6.08 Å². The number of carbonyl (C=O) groups is 1. The summed E-state index contributed by atoms with van der Waals surface area (Å²) < 4.78 is 13.9. The second kappa shape index (κ2) is 6.85. The summed E-state index contributed by atoms with van der Waals surface area (Å²) in [7, 11) is 0. The highest BCUT2D eigenvalue weighted by molar-refractivity contribution is 9.10. The molecule has 5 heteroatoms. The summed E-state index contributed by atoms with van der Waals surface area (Å²) in [5.41, 5.74) is 0.636. The van der Waals surface area contributed by atoms with Crippen LogP contribution in [0.3, 0.4) is 0 Å². The molecule has 1 aliphatic heterocycles. The van der Waals surface area contributed by atoms with Gasteiger partial charge in [0.05, 0.1) is 13.1 Å². The number of carbonyl (C=O) groups excluding carboxylic acids is 1. The highest BCUT2D eigenvalue weighted by Gasteiger charge is 2.12. The van der Waals surface area contributed by atoms with Crippen LogP contribution in [0.4, 0.5) is 4.39 Å². The zero-order chi connectivity index (χ0) is 12.3. The highest BCUT2D eigenvalue weighted by Crippen LogP contribution is 2.13. The van der Waals surface area contributed by atoms with E-state index in [2.05, 4.69) is 15.9 Å². The standard InChI is InChI=1S/C13H11BrFNO.BrH/c14-11-5-3-10(4-6-11)13(17)9-16-7-1-2-12(15)8-16;/h1-7H,8-9H2;1H. The number of halogens is 3. The quantitative estimate of drug-likeness (QED) is 0.746. The molecule has 2 nitrogen and oxygen atoms in total. The van der Waals surface area contributed by atoms with Gasteiger partial charge in [-0.25, -0.2) is 4.39 Å². The van der Waals surface area contributed by atoms with Crippen LogP contribution in [-0.2, 0) is 0 Å². The number of nitrogens with zero attached hydrogens (tertiary/aromatic N) is 1. The lowest BCUT2D eigenvalue weighted by atomic mass is 10.1. The van der Waals surface area contributed by atoms with Gasteiger partial charge in [0, 0.05) is 16.2 Å². The van der Waals surface area contributed by atoms with E-state index in [1.54, 1.807) is 29.3 Å². The van der Waals surface area contributed by atoms with Crippen molar-refractivity contribution in [3.63, 3.8) is 0 Å². The van der Waals surface area contributed by atoms with Crippen LogP contribution < -0.4 is 0 Å². The molecular formula is C13H12Br2FNO. The van der Waals surface area contributed by atoms with Crippen molar-refractivity contribution in [3.05, 3.63) is 58.5 Å². The van der Waals surface area contributed by atoms with E-state index in [0.29, 0.717) is 5.56 Å². The van der Waals surface area contributed by atoms with Crippen molar-refractivity contribution in [1.29, 1.82) is 0 Å². The normalized spacial score (nSPS) is 13.9. The zero-order valence-corrected chi connectivity index (χ0v) is 12.8. The maximum atomic E-state index is 13.0. The minimum Gasteiger partial charge on any atom is -0.363 e. The van der Waals surface area contributed by atoms with Crippen LogP contribution >= 0.6 is 32.9 Å². The summed E-state index contributed by atoms with van der Waals surface area (Å²) in [4.78, 5) is 13.6. The number of allylic oxidation sites excluding steroid dienone is 2. The lowest BCUT2D eigenvalue weighted by Gasteiger charge is -2.20. The second-order valence-electron chi connectivity index (χ2n) is 3.79. The Balaban J connectivity index is 0.00000162. The maximum Gasteiger partial charge on any atom is 0.182 e. The van der Waals surface area contributed by atoms with Gasteiger partial charge in [-0.2, -0.15) is 0 Å². The summed E-state index contributed by atoms with van der Waals surface area (Å²) >= 11 is 3.31. The fourth-order valence-electron chi connectivity index (χ4n) is 1.59. The first kappa shape index (κ1) is 15.1. The van der Waals surface area contributed by atoms with Gasteiger partial charge >= 0.3 is 0 Å². The van der Waals surface area contributed by atoms with Crippen molar-refractivity contribution in [2.75, 3.05) is 13.1 Å². The number of hydrogen-bond donors (Lipinski definition) is 0. The van der Waals surface area contributed by atoms with E-state index >= 15 is 0 Å². The van der Waals surface area contributed by atoms with Crippen LogP contribution in [0.2, 0.25) is 0 Å². The number of Topliss-reactive ketones (excluding diaryl/α,β-unsaturated/α-hetero) is 1. The molecule has 0 fully saturated rings. The largest absolute Gasteiger partial charge is 0.363 e. The van der Waals surface area contributed by atoms with Crippen LogP contribution in [0, 0.1) is 0 Å². The Morgan fingerprint density at radius 3 is 2.61 bits per heavy atom. The molecule has 1 aliphatic rings. The van der Waals surface area contributed by atoms with Gasteiger partial charge in [-0.1, -0.05) is 28.1 Å². The molecule has 0 atom stereocenters. The lowest BCUT2D eigenvalue weighted by molar-refractivity contribution is 0.0956. The van der Waals surface area contributed by atoms with Crippen molar-refractivity contribution in [1.82, 2.24) is 4.90 Å². The third-order valence-corrected chi connectivity index (χ3v) is 2.97. The average Bonchev–Trinajstić information content (AvgIpc) is 2.29. The van der Waals surface area contributed by atoms with Crippen LogP contribution in [0.15, 0.2) is 52.9 Å². The molecular weight excluding hydrogens is 365 g/mol. The van der Waals surface area contributed by atoms with E-state index in [-0.39, 0.29) is 41.7 Å². The van der Waals surface area contributed by atoms with Gasteiger partial charge in [-0.05, 0) is 24.3 Å². The molecule has 0 saturated heterocycles. The fourth-order valence-corrected chi connectivity index (χ4v) is 1.85. The first-order valence-corrected chi connectivity index (χ1v) is 6.00. The van der Waals surface area contributed by atoms with Gasteiger partial charge in [-0.3, -0.25) is 4.79 Å². The van der Waals surface area contributed by atoms with Crippen molar-refractivity contribution in [2.24, 2.45) is 0 Å². The van der Waals surface area contributed by atoms with E-state index in [1.807, 2.05) is 12.1 Å². The molecule has 0 amide bonds. The summed E-state index contributed by atoms with van der Waals surface area (Å²) in [5.74, 6) is -0.243. The number of ketones is 1. The predicted octanol–water partition coefficient (Wildman–Crippen LogP) is 3.89. The first-order valence-electron chi connectivity index (χ1n) is 5.21. The van der Waals surface area contributed by atoms with Crippen molar-refractivity contribution in [2.45, 2.75) is 0 Å². The van der Waals surface area contributed by atoms with E-state index in [9.17, 15) is 9.18 Å². The number of hydrogen-bond acceptors (Lipinski definition) is 2. The van der Waals surface area contributed by atoms with Gasteiger partial charge in [0.2, 0.25) is 0 Å². The molecule has 2 rings (SSSR count). The molecule has 0 spiro atoms. The monoisotopic (exact) mass is 375 g/mol. The van der Waals surface area contributed by atoms with Crippen molar-refractivity contribution >= 4 is 38.7 Å². The molecule has 96 valence electrons. The zero-order valence-electron chi connectivity index (χ0n) is 9.48. The Morgan fingerprint density at radius 2 is 2.00 bits per heavy atom. The van der Waals surface area contributed by atoms with Gasteiger partial charge in [0.25, 0.3) is 0 Å². The minimum absolute atomic E-state index is 0. The van der Waals surface area contributed by atoms with Crippen LogP contribution in [0.25, 0.3) is 0 Å².